The fraction of sp³-hybridized carbons (Fsp3) is 0.429. The second-order valence-electron chi connectivity index (χ2n) is 33.4. The summed E-state index contributed by atoms with van der Waals surface area (Å²) in [7, 11) is 3.94. The van der Waals surface area contributed by atoms with Gasteiger partial charge in [-0.05, 0) is 209 Å². The number of rotatable bonds is 15. The molecule has 0 spiro atoms. The highest BCUT2D eigenvalue weighted by molar-refractivity contribution is 6.08. The molecule has 23 nitrogen and oxygen atoms in total. The Labute approximate surface area is 662 Å². The molecule has 9 heterocycles. The maximum Gasteiger partial charge on any atom is 0.407 e. The highest BCUT2D eigenvalue weighted by Gasteiger charge is 2.52. The van der Waals surface area contributed by atoms with Gasteiger partial charge < -0.3 is 64.3 Å². The van der Waals surface area contributed by atoms with Crippen molar-refractivity contribution in [2.75, 3.05) is 27.9 Å². The van der Waals surface area contributed by atoms with Gasteiger partial charge in [-0.3, -0.25) is 24.4 Å². The van der Waals surface area contributed by atoms with Gasteiger partial charge in [0.15, 0.2) is 0 Å². The van der Waals surface area contributed by atoms with Crippen molar-refractivity contribution < 1.29 is 52.5 Å². The van der Waals surface area contributed by atoms with Gasteiger partial charge in [0.25, 0.3) is 5.91 Å². The van der Waals surface area contributed by atoms with Crippen LogP contribution in [-0.4, -0.2) is 146 Å². The van der Waals surface area contributed by atoms with Gasteiger partial charge in [-0.1, -0.05) is 108 Å². The third kappa shape index (κ3) is 13.5. The van der Waals surface area contributed by atoms with Crippen LogP contribution in [0.5, 0.6) is 11.5 Å². The van der Waals surface area contributed by atoms with Crippen LogP contribution in [0.15, 0.2) is 138 Å². The summed E-state index contributed by atoms with van der Waals surface area (Å²) >= 11 is 0. The van der Waals surface area contributed by atoms with Crippen molar-refractivity contribution in [3.8, 4) is 56.3 Å². The first-order chi connectivity index (χ1) is 55.4. The summed E-state index contributed by atoms with van der Waals surface area (Å²) in [6, 6.07) is 37.2. The van der Waals surface area contributed by atoms with Crippen LogP contribution < -0.4 is 25.4 Å². The number of carbonyl (C=O) groups is 6. The molecule has 3 saturated carbocycles. The monoisotopic (exact) mass is 1530 g/mol. The lowest BCUT2D eigenvalue weighted by Gasteiger charge is -2.34. The molecule has 0 bridgehead atoms. The number of nitrogens with zero attached hydrogens (tertiary/aromatic N) is 7. The van der Waals surface area contributed by atoms with Crippen molar-refractivity contribution >= 4 is 80.3 Å². The SMILES string of the molecule is COC(=O)N[C@H](C(=O)N1[C@H](C2=Nc3ccc4cc5c(cc4c3C2)COc2cc(-c3cnc(C4CCCC4)[nH]3)ccc2-5)CC2CCC[C@@H]21)C(C)C.COC(=O)N[C@H](C(=O)N1[C@H](C2=Nc3ccc4cc5c(cc4c3C2)COc2cc(-c3cnc(C4CCCN4C(=O)[C@H](NC(=O)OC)c4ccccc4)[nH]3)ccc2-5)CC2CCC[C@@H]21)C(C)C. The van der Waals surface area contributed by atoms with E-state index >= 15 is 0 Å². The maximum absolute atomic E-state index is 14.3. The van der Waals surface area contributed by atoms with Crippen molar-refractivity contribution in [3.05, 3.63) is 167 Å². The zero-order valence-electron chi connectivity index (χ0n) is 65.7. The number of imidazole rings is 2. The standard InChI is InChI=1S/C50H53N7O7.C41H45N5O4/c1-27(2)44(54-49(60)62-3)48(59)57-40-13-8-12-31(40)22-42(57)38-24-36-34-21-32-26-64-43-23-30(15-17-33(43)35(32)20-29(34)16-18-37(36)52-38)39-25-51-46(53-39)41-14-9-19-56(41)47(58)45(55-50(61)63-4)28-10-6-5-7-11-28;1-22(2)38(45-41(48)49-3)40(47)46-35-10-6-9-26(35)17-36(46)33-19-31-29-16-27-21-50-37-18-25(34-20-42-39(44-34)23-7-4-5-8-23)11-13-28(37)30(27)15-24(29)12-14-32(31)43-33/h5-7,10-11,15-18,20-21,23,25,27,31,40-42,44-45H,8-9,12-14,19,22,24,26H2,1-4H3,(H,51,53)(H,54,60)(H,55,61);11-16,18,20,22-23,26,35-36,38H,4-10,17,19,21H2,1-3H3,(H,42,44)(H,45,48)/t31?,40-,41?,42-,44-,45+;26?,35-,36-,38-/m00/s1. The fourth-order valence-corrected chi connectivity index (χ4v) is 20.4. The minimum atomic E-state index is -0.894. The second-order valence-corrected chi connectivity index (χ2v) is 33.4. The number of amides is 6. The topological polar surface area (TPSA) is 276 Å². The zero-order chi connectivity index (χ0) is 78.3. The van der Waals surface area contributed by atoms with Crippen LogP contribution in [0, 0.1) is 23.7 Å². The van der Waals surface area contributed by atoms with Gasteiger partial charge >= 0.3 is 18.3 Å². The van der Waals surface area contributed by atoms with Crippen LogP contribution >= 0.6 is 0 Å². The summed E-state index contributed by atoms with van der Waals surface area (Å²) in [5.74, 6) is 4.44. The Morgan fingerprint density at radius 2 is 0.982 bits per heavy atom. The number of benzene rings is 7. The molecule has 6 amide bonds. The lowest BCUT2D eigenvalue weighted by molar-refractivity contribution is -0.137. The Hall–Kier alpha value is -11.4. The number of aromatic nitrogens is 4. The van der Waals surface area contributed by atoms with E-state index in [1.165, 1.54) is 80.0 Å². The lowest BCUT2D eigenvalue weighted by atomic mass is 9.90. The molecule has 114 heavy (non-hydrogen) atoms. The number of carbonyl (C=O) groups excluding carboxylic acids is 6. The van der Waals surface area contributed by atoms with Crippen LogP contribution in [0.3, 0.4) is 0 Å². The Balaban J connectivity index is 0.000000163. The number of H-pyrrole nitrogens is 2. The molecule has 7 aromatic carbocycles. The van der Waals surface area contributed by atoms with E-state index in [9.17, 15) is 28.8 Å². The van der Waals surface area contributed by atoms with Gasteiger partial charge in [-0.15, -0.1) is 0 Å². The highest BCUT2D eigenvalue weighted by atomic mass is 16.5. The van der Waals surface area contributed by atoms with E-state index in [0.29, 0.717) is 61.7 Å². The molecule has 588 valence electrons. The molecule has 3 aliphatic carbocycles. The van der Waals surface area contributed by atoms with Crippen molar-refractivity contribution in [2.45, 2.75) is 198 Å². The van der Waals surface area contributed by atoms with E-state index in [1.807, 2.05) is 70.3 Å². The van der Waals surface area contributed by atoms with Gasteiger partial charge in [0.1, 0.15) is 54.5 Å². The Morgan fingerprint density at radius 3 is 1.48 bits per heavy atom. The molecule has 6 fully saturated rings. The van der Waals surface area contributed by atoms with Crippen molar-refractivity contribution in [3.63, 3.8) is 0 Å². The van der Waals surface area contributed by atoms with E-state index < -0.39 is 36.4 Å². The summed E-state index contributed by atoms with van der Waals surface area (Å²) in [6.07, 6.45) is 18.1. The van der Waals surface area contributed by atoms with Crippen LogP contribution in [0.4, 0.5) is 25.8 Å². The first-order valence-corrected chi connectivity index (χ1v) is 41.0. The first kappa shape index (κ1) is 74.1. The molecule has 7 aliphatic heterocycles. The van der Waals surface area contributed by atoms with Crippen LogP contribution in [0.1, 0.15) is 175 Å². The molecule has 10 atom stereocenters. The molecule has 23 heteroatoms. The van der Waals surface area contributed by atoms with Crippen molar-refractivity contribution in [2.24, 2.45) is 33.7 Å². The molecular formula is C91H98N12O11. The number of aliphatic imine (C=N–C) groups is 2. The predicted molar refractivity (Wildman–Crippen MR) is 435 cm³/mol. The smallest absolute Gasteiger partial charge is 0.407 e. The molecule has 9 aromatic rings. The molecule has 10 aliphatic rings. The number of methoxy groups -OCH3 is 3. The van der Waals surface area contributed by atoms with Gasteiger partial charge in [-0.25, -0.2) is 24.4 Å². The summed E-state index contributed by atoms with van der Waals surface area (Å²) < 4.78 is 27.5. The average Bonchev–Trinajstić information content (AvgIpc) is 1.01. The minimum absolute atomic E-state index is 0.0249. The van der Waals surface area contributed by atoms with Gasteiger partial charge in [0.2, 0.25) is 11.8 Å². The van der Waals surface area contributed by atoms with E-state index in [-0.39, 0.29) is 59.8 Å². The third-order valence-electron chi connectivity index (χ3n) is 26.2. The molecule has 19 rings (SSSR count). The van der Waals surface area contributed by atoms with E-state index in [4.69, 9.17) is 43.6 Å². The number of hydrogen-bond acceptors (Lipinski definition) is 15. The van der Waals surface area contributed by atoms with Crippen LogP contribution in [-0.2, 0) is 54.6 Å². The Kier molecular flexibility index (Phi) is 19.8. The fourth-order valence-electron chi connectivity index (χ4n) is 20.4. The molecule has 3 unspecified atom stereocenters. The van der Waals surface area contributed by atoms with E-state index in [2.05, 4.69) is 115 Å². The zero-order valence-corrected chi connectivity index (χ0v) is 65.7. The maximum atomic E-state index is 14.3. The van der Waals surface area contributed by atoms with Crippen molar-refractivity contribution in [1.82, 2.24) is 50.6 Å². The molecule has 2 aromatic heterocycles. The minimum Gasteiger partial charge on any atom is -0.488 e. The molecule has 0 radical (unpaired) electrons. The molecule has 3 saturated heterocycles. The van der Waals surface area contributed by atoms with E-state index in [0.717, 1.165) is 160 Å². The number of nitrogens with one attached hydrogen (secondary N) is 5. The normalized spacial score (nSPS) is 22.2. The number of hydrogen-bond donors (Lipinski definition) is 5. The first-order valence-electron chi connectivity index (χ1n) is 41.0. The third-order valence-corrected chi connectivity index (χ3v) is 26.2. The van der Waals surface area contributed by atoms with Gasteiger partial charge in [0, 0.05) is 71.1 Å². The average molecular weight is 1540 g/mol. The molecular weight excluding hydrogens is 1440 g/mol. The summed E-state index contributed by atoms with van der Waals surface area (Å²) in [4.78, 5) is 112. The summed E-state index contributed by atoms with van der Waals surface area (Å²) in [5, 5.41) is 13.0. The largest absolute Gasteiger partial charge is 0.488 e. The van der Waals surface area contributed by atoms with Crippen molar-refractivity contribution in [1.29, 1.82) is 0 Å². The molecule has 5 N–H and O–H groups in total. The number of fused-ring (bicyclic) bond motifs is 14. The summed E-state index contributed by atoms with van der Waals surface area (Å²) in [6.45, 7) is 9.31. The summed E-state index contributed by atoms with van der Waals surface area (Å²) in [5.41, 5.74) is 17.6. The quantitative estimate of drug-likeness (QED) is 0.0598. The Morgan fingerprint density at radius 1 is 0.491 bits per heavy atom. The Bertz CT molecular complexity index is 5390. The number of likely N-dealkylation sites (tertiary alicyclic amines) is 3. The van der Waals surface area contributed by atoms with Gasteiger partial charge in [0.05, 0.1) is 74.6 Å². The van der Waals surface area contributed by atoms with Gasteiger partial charge in [-0.2, -0.15) is 0 Å². The number of aromatic amines is 2. The lowest BCUT2D eigenvalue weighted by Crippen LogP contribution is -2.56. The highest BCUT2D eigenvalue weighted by Crippen LogP contribution is 2.51. The van der Waals surface area contributed by atoms with Crippen LogP contribution in [0.2, 0.25) is 0 Å². The van der Waals surface area contributed by atoms with E-state index in [1.54, 1.807) is 11.1 Å². The number of ether oxygens (including phenoxy) is 5. The van der Waals surface area contributed by atoms with Crippen LogP contribution in [0.25, 0.3) is 66.3 Å². The second kappa shape index (κ2) is 30.5. The number of alkyl carbamates (subject to hydrolysis) is 3. The predicted octanol–water partition coefficient (Wildman–Crippen LogP) is 16.6.